The molecule has 2 aromatic heterocycles. The first-order valence-electron chi connectivity index (χ1n) is 4.58. The van der Waals surface area contributed by atoms with Gasteiger partial charge in [0.25, 0.3) is 0 Å². The van der Waals surface area contributed by atoms with Crippen LogP contribution in [-0.2, 0) is 0 Å². The van der Waals surface area contributed by atoms with Crippen molar-refractivity contribution in [3.05, 3.63) is 34.1 Å². The normalized spacial score (nSPS) is 11.1. The maximum atomic E-state index is 6.30. The molecule has 3 rings (SSSR count). The highest BCUT2D eigenvalue weighted by atomic mass is 35.5. The molecule has 3 nitrogen and oxygen atoms in total. The summed E-state index contributed by atoms with van der Waals surface area (Å²) in [5.41, 5.74) is 0. The predicted octanol–water partition coefficient (Wildman–Crippen LogP) is 4.00. The average Bonchev–Trinajstić information content (AvgIpc) is 2.84. The lowest BCUT2D eigenvalue weighted by Crippen LogP contribution is -1.75. The molecule has 6 heteroatoms. The lowest BCUT2D eigenvalue weighted by Gasteiger charge is -1.90. The molecule has 80 valence electrons. The van der Waals surface area contributed by atoms with Crippen molar-refractivity contribution in [1.82, 2.24) is 15.2 Å². The molecule has 0 saturated carbocycles. The van der Waals surface area contributed by atoms with Crippen LogP contribution in [0.3, 0.4) is 0 Å². The highest BCUT2D eigenvalue weighted by Gasteiger charge is 2.13. The first kappa shape index (κ1) is 10.0. The van der Waals surface area contributed by atoms with E-state index in [1.165, 1.54) is 0 Å². The second-order valence-corrected chi connectivity index (χ2v) is 5.07. The van der Waals surface area contributed by atoms with Gasteiger partial charge in [0.2, 0.25) is 4.77 Å². The second kappa shape index (κ2) is 3.69. The van der Waals surface area contributed by atoms with Crippen molar-refractivity contribution >= 4 is 45.2 Å². The summed E-state index contributed by atoms with van der Waals surface area (Å²) in [5.74, 6) is 0.691. The number of nitrogens with zero attached hydrogens (tertiary/aromatic N) is 1. The smallest absolute Gasteiger partial charge is 0.213 e. The van der Waals surface area contributed by atoms with E-state index in [1.54, 1.807) is 11.3 Å². The van der Waals surface area contributed by atoms with Crippen LogP contribution >= 0.6 is 35.2 Å². The highest BCUT2D eigenvalue weighted by molar-refractivity contribution is 7.71. The van der Waals surface area contributed by atoms with Crippen molar-refractivity contribution in [3.8, 4) is 10.7 Å². The van der Waals surface area contributed by atoms with E-state index in [-0.39, 0.29) is 0 Å². The van der Waals surface area contributed by atoms with E-state index >= 15 is 0 Å². The average molecular weight is 268 g/mol. The Hall–Kier alpha value is -1.17. The van der Waals surface area contributed by atoms with E-state index < -0.39 is 0 Å². The van der Waals surface area contributed by atoms with Crippen molar-refractivity contribution in [2.75, 3.05) is 0 Å². The Morgan fingerprint density at radius 3 is 2.75 bits per heavy atom. The Labute approximate surface area is 105 Å². The van der Waals surface area contributed by atoms with Gasteiger partial charge in [-0.25, -0.2) is 0 Å². The Morgan fingerprint density at radius 1 is 1.25 bits per heavy atom. The van der Waals surface area contributed by atoms with Crippen LogP contribution in [0.5, 0.6) is 0 Å². The number of H-pyrrole nitrogens is 2. The fraction of sp³-hybridized carbons (Fsp3) is 0. The van der Waals surface area contributed by atoms with Crippen LogP contribution in [0.1, 0.15) is 0 Å². The fourth-order valence-electron chi connectivity index (χ4n) is 1.54. The molecular weight excluding hydrogens is 262 g/mol. The minimum atomic E-state index is 0.434. The van der Waals surface area contributed by atoms with Gasteiger partial charge >= 0.3 is 0 Å². The van der Waals surface area contributed by atoms with E-state index in [2.05, 4.69) is 15.2 Å². The number of thiophene rings is 1. The van der Waals surface area contributed by atoms with Crippen LogP contribution in [-0.4, -0.2) is 15.2 Å². The number of aromatic amines is 2. The van der Waals surface area contributed by atoms with Crippen LogP contribution in [0.2, 0.25) is 5.02 Å². The van der Waals surface area contributed by atoms with E-state index in [0.717, 1.165) is 20.0 Å². The number of aromatic nitrogens is 3. The molecule has 0 aliphatic heterocycles. The molecule has 0 aliphatic carbocycles. The largest absolute Gasteiger partial charge is 0.281 e. The third-order valence-electron chi connectivity index (χ3n) is 2.25. The summed E-state index contributed by atoms with van der Waals surface area (Å²) in [5, 5.41) is 7.44. The van der Waals surface area contributed by atoms with Crippen LogP contribution in [0.25, 0.3) is 20.8 Å². The molecule has 0 radical (unpaired) electrons. The third kappa shape index (κ3) is 1.48. The number of fused-ring (bicyclic) bond motifs is 1. The van der Waals surface area contributed by atoms with Crippen molar-refractivity contribution in [2.24, 2.45) is 0 Å². The number of nitrogens with one attached hydrogen (secondary N) is 2. The van der Waals surface area contributed by atoms with Gasteiger partial charge in [0, 0.05) is 10.1 Å². The lowest BCUT2D eigenvalue weighted by molar-refractivity contribution is 1.08. The van der Waals surface area contributed by atoms with Gasteiger partial charge < -0.3 is 0 Å². The molecule has 1 aromatic carbocycles. The molecule has 0 aliphatic rings. The number of benzene rings is 1. The molecule has 3 aromatic rings. The van der Waals surface area contributed by atoms with Crippen LogP contribution in [0.15, 0.2) is 24.3 Å². The van der Waals surface area contributed by atoms with E-state index in [9.17, 15) is 0 Å². The number of hydrogen-bond acceptors (Lipinski definition) is 3. The van der Waals surface area contributed by atoms with Crippen LogP contribution in [0.4, 0.5) is 0 Å². The zero-order chi connectivity index (χ0) is 11.1. The van der Waals surface area contributed by atoms with Gasteiger partial charge in [-0.15, -0.1) is 11.3 Å². The lowest BCUT2D eigenvalue weighted by atomic mass is 10.2. The minimum absolute atomic E-state index is 0.434. The monoisotopic (exact) mass is 267 g/mol. The minimum Gasteiger partial charge on any atom is -0.281 e. The fourth-order valence-corrected chi connectivity index (χ4v) is 3.15. The second-order valence-electron chi connectivity index (χ2n) is 3.26. The zero-order valence-electron chi connectivity index (χ0n) is 7.95. The molecule has 0 fully saturated rings. The summed E-state index contributed by atoms with van der Waals surface area (Å²) < 4.78 is 1.58. The molecule has 2 N–H and O–H groups in total. The summed E-state index contributed by atoms with van der Waals surface area (Å²) in [6.07, 6.45) is 0. The summed E-state index contributed by atoms with van der Waals surface area (Å²) in [6.45, 7) is 0. The maximum Gasteiger partial charge on any atom is 0.213 e. The molecule has 0 bridgehead atoms. The van der Waals surface area contributed by atoms with Crippen molar-refractivity contribution in [1.29, 1.82) is 0 Å². The standard InChI is InChI=1S/C10H6ClN3S2/c11-7-5-3-1-2-4-6(5)16-8(7)9-12-10(15)14-13-9/h1-4H,(H2,12,13,14,15). The first-order chi connectivity index (χ1) is 7.75. The summed E-state index contributed by atoms with van der Waals surface area (Å²) in [4.78, 5) is 5.08. The summed E-state index contributed by atoms with van der Waals surface area (Å²) in [7, 11) is 0. The van der Waals surface area contributed by atoms with Gasteiger partial charge in [-0.3, -0.25) is 10.2 Å². The molecular formula is C10H6ClN3S2. The van der Waals surface area contributed by atoms with Gasteiger partial charge in [0.05, 0.1) is 9.90 Å². The molecule has 0 unspecified atom stereocenters. The van der Waals surface area contributed by atoms with Crippen molar-refractivity contribution < 1.29 is 0 Å². The van der Waals surface area contributed by atoms with Crippen LogP contribution < -0.4 is 0 Å². The Bertz CT molecular complexity index is 710. The maximum absolute atomic E-state index is 6.30. The summed E-state index contributed by atoms with van der Waals surface area (Å²) >= 11 is 12.8. The molecule has 2 heterocycles. The van der Waals surface area contributed by atoms with E-state index in [1.807, 2.05) is 24.3 Å². The van der Waals surface area contributed by atoms with Crippen LogP contribution in [0, 0.1) is 4.77 Å². The summed E-state index contributed by atoms with van der Waals surface area (Å²) in [6, 6.07) is 8.00. The van der Waals surface area contributed by atoms with Crippen molar-refractivity contribution in [3.63, 3.8) is 0 Å². The highest BCUT2D eigenvalue weighted by Crippen LogP contribution is 2.40. The quantitative estimate of drug-likeness (QED) is 0.655. The molecule has 0 amide bonds. The predicted molar refractivity (Wildman–Crippen MR) is 69.6 cm³/mol. The topological polar surface area (TPSA) is 44.5 Å². The van der Waals surface area contributed by atoms with E-state index in [4.69, 9.17) is 23.8 Å². The first-order valence-corrected chi connectivity index (χ1v) is 6.18. The van der Waals surface area contributed by atoms with Gasteiger partial charge in [-0.05, 0) is 18.3 Å². The Kier molecular flexibility index (Phi) is 2.31. The Morgan fingerprint density at radius 2 is 2.06 bits per heavy atom. The van der Waals surface area contributed by atoms with Gasteiger partial charge in [0.15, 0.2) is 5.82 Å². The molecule has 16 heavy (non-hydrogen) atoms. The Balaban J connectivity index is 2.32. The molecule has 0 atom stereocenters. The number of halogens is 1. The van der Waals surface area contributed by atoms with Gasteiger partial charge in [-0.2, -0.15) is 4.98 Å². The van der Waals surface area contributed by atoms with Gasteiger partial charge in [0.1, 0.15) is 0 Å². The van der Waals surface area contributed by atoms with Gasteiger partial charge in [-0.1, -0.05) is 29.8 Å². The third-order valence-corrected chi connectivity index (χ3v) is 4.13. The van der Waals surface area contributed by atoms with E-state index in [0.29, 0.717) is 10.6 Å². The molecule has 0 spiro atoms. The van der Waals surface area contributed by atoms with Crippen molar-refractivity contribution in [2.45, 2.75) is 0 Å². The molecule has 0 saturated heterocycles. The SMILES string of the molecule is S=c1nc(-c2sc3ccccc3c2Cl)[nH][nH]1. The zero-order valence-corrected chi connectivity index (χ0v) is 10.3. The number of hydrogen-bond donors (Lipinski definition) is 2. The number of rotatable bonds is 1.